The number of fused-ring (bicyclic) bond motifs is 1. The minimum absolute atomic E-state index is 0.104. The average Bonchev–Trinajstić information content (AvgIpc) is 3.01. The summed E-state index contributed by atoms with van der Waals surface area (Å²) in [5.74, 6) is -1.25. The largest absolute Gasteiger partial charge is 0.350 e. The van der Waals surface area contributed by atoms with Crippen LogP contribution in [0.3, 0.4) is 0 Å². The van der Waals surface area contributed by atoms with Crippen molar-refractivity contribution in [2.24, 2.45) is 0 Å². The van der Waals surface area contributed by atoms with Gasteiger partial charge < -0.3 is 9.88 Å². The molecule has 108 valence electrons. The molecule has 1 saturated heterocycles. The summed E-state index contributed by atoms with van der Waals surface area (Å²) >= 11 is 0. The first kappa shape index (κ1) is 13.3. The lowest BCUT2D eigenvalue weighted by molar-refractivity contribution is 0.0257. The molecular weight excluding hydrogens is 262 g/mol. The molecule has 1 N–H and O–H groups in total. The fraction of sp³-hybridized carbons (Fsp3) is 0.571. The standard InChI is InChI=1S/C14H18F2N4/c1-2-3-4-11-18-12-10(5-7-17-12)13(19-11)20-8-6-14(15,16)9-20/h5,7H,2-4,6,8-9H2,1H3,(H,17,18,19). The first-order valence-corrected chi connectivity index (χ1v) is 7.06. The maximum atomic E-state index is 13.4. The van der Waals surface area contributed by atoms with Crippen molar-refractivity contribution in [3.8, 4) is 0 Å². The van der Waals surface area contributed by atoms with Crippen molar-refractivity contribution in [1.29, 1.82) is 0 Å². The topological polar surface area (TPSA) is 44.8 Å². The van der Waals surface area contributed by atoms with Crippen LogP contribution in [0.2, 0.25) is 0 Å². The lowest BCUT2D eigenvalue weighted by atomic mass is 10.2. The quantitative estimate of drug-likeness (QED) is 0.935. The lowest BCUT2D eigenvalue weighted by Gasteiger charge is -2.18. The number of anilines is 1. The molecule has 0 amide bonds. The number of nitrogens with zero attached hydrogens (tertiary/aromatic N) is 3. The molecule has 3 rings (SSSR count). The molecule has 1 aliphatic heterocycles. The van der Waals surface area contributed by atoms with Crippen molar-refractivity contribution < 1.29 is 8.78 Å². The third-order valence-electron chi connectivity index (χ3n) is 3.67. The van der Waals surface area contributed by atoms with Crippen LogP contribution >= 0.6 is 0 Å². The van der Waals surface area contributed by atoms with E-state index in [4.69, 9.17) is 0 Å². The minimum Gasteiger partial charge on any atom is -0.350 e. The predicted octanol–water partition coefficient (Wildman–Crippen LogP) is 3.15. The van der Waals surface area contributed by atoms with E-state index < -0.39 is 5.92 Å². The van der Waals surface area contributed by atoms with Gasteiger partial charge in [0.25, 0.3) is 5.92 Å². The number of halogens is 2. The summed E-state index contributed by atoms with van der Waals surface area (Å²) in [6.45, 7) is 2.20. The van der Waals surface area contributed by atoms with E-state index in [1.807, 2.05) is 6.07 Å². The summed E-state index contributed by atoms with van der Waals surface area (Å²) < 4.78 is 26.8. The van der Waals surface area contributed by atoms with Gasteiger partial charge in [-0.25, -0.2) is 18.7 Å². The zero-order chi connectivity index (χ0) is 14.2. The van der Waals surface area contributed by atoms with E-state index in [-0.39, 0.29) is 13.0 Å². The fourth-order valence-electron chi connectivity index (χ4n) is 2.57. The SMILES string of the molecule is CCCCc1nc(N2CCC(F)(F)C2)c2cc[nH]c2n1. The van der Waals surface area contributed by atoms with Gasteiger partial charge in [-0.3, -0.25) is 0 Å². The Morgan fingerprint density at radius 1 is 1.40 bits per heavy atom. The van der Waals surface area contributed by atoms with Crippen molar-refractivity contribution in [1.82, 2.24) is 15.0 Å². The van der Waals surface area contributed by atoms with Crippen LogP contribution in [0.25, 0.3) is 11.0 Å². The molecule has 2 aromatic rings. The number of unbranched alkanes of at least 4 members (excludes halogenated alkanes) is 1. The molecule has 6 heteroatoms. The molecular formula is C14H18F2N4. The molecule has 3 heterocycles. The first-order valence-electron chi connectivity index (χ1n) is 7.06. The Morgan fingerprint density at radius 3 is 2.95 bits per heavy atom. The molecule has 0 aromatic carbocycles. The molecule has 2 aromatic heterocycles. The molecule has 0 aliphatic carbocycles. The summed E-state index contributed by atoms with van der Waals surface area (Å²) in [4.78, 5) is 13.7. The van der Waals surface area contributed by atoms with Gasteiger partial charge in [-0.1, -0.05) is 13.3 Å². The third kappa shape index (κ3) is 2.46. The third-order valence-corrected chi connectivity index (χ3v) is 3.67. The highest BCUT2D eigenvalue weighted by Crippen LogP contribution is 2.33. The van der Waals surface area contributed by atoms with Gasteiger partial charge in [0.05, 0.1) is 11.9 Å². The van der Waals surface area contributed by atoms with Gasteiger partial charge in [0.1, 0.15) is 17.3 Å². The van der Waals surface area contributed by atoms with Gasteiger partial charge >= 0.3 is 0 Å². The van der Waals surface area contributed by atoms with Gasteiger partial charge in [-0.05, 0) is 12.5 Å². The second kappa shape index (κ2) is 5.00. The van der Waals surface area contributed by atoms with Crippen LogP contribution in [0.4, 0.5) is 14.6 Å². The van der Waals surface area contributed by atoms with Crippen LogP contribution in [0.15, 0.2) is 12.3 Å². The molecule has 0 saturated carbocycles. The second-order valence-corrected chi connectivity index (χ2v) is 5.33. The highest BCUT2D eigenvalue weighted by molar-refractivity contribution is 5.87. The molecule has 0 spiro atoms. The number of alkyl halides is 2. The summed E-state index contributed by atoms with van der Waals surface area (Å²) in [5.41, 5.74) is 0.733. The summed E-state index contributed by atoms with van der Waals surface area (Å²) in [6, 6.07) is 1.85. The van der Waals surface area contributed by atoms with Gasteiger partial charge in [0, 0.05) is 25.6 Å². The lowest BCUT2D eigenvalue weighted by Crippen LogP contribution is -2.26. The second-order valence-electron chi connectivity index (χ2n) is 5.33. The van der Waals surface area contributed by atoms with E-state index in [0.717, 1.165) is 36.1 Å². The van der Waals surface area contributed by atoms with Crippen molar-refractivity contribution >= 4 is 16.9 Å². The van der Waals surface area contributed by atoms with E-state index in [9.17, 15) is 8.78 Å². The number of nitrogens with one attached hydrogen (secondary N) is 1. The van der Waals surface area contributed by atoms with Gasteiger partial charge in [0.2, 0.25) is 0 Å². The van der Waals surface area contributed by atoms with Crippen LogP contribution in [0, 0.1) is 0 Å². The van der Waals surface area contributed by atoms with E-state index >= 15 is 0 Å². The van der Waals surface area contributed by atoms with Crippen LogP contribution in [-0.2, 0) is 6.42 Å². The number of aromatic amines is 1. The molecule has 20 heavy (non-hydrogen) atoms. The first-order chi connectivity index (χ1) is 9.59. The highest BCUT2D eigenvalue weighted by Gasteiger charge is 2.39. The van der Waals surface area contributed by atoms with Crippen molar-refractivity contribution in [3.63, 3.8) is 0 Å². The number of hydrogen-bond donors (Lipinski definition) is 1. The number of aromatic nitrogens is 3. The molecule has 0 atom stereocenters. The Kier molecular flexibility index (Phi) is 3.31. The van der Waals surface area contributed by atoms with Crippen LogP contribution in [0.1, 0.15) is 32.0 Å². The Labute approximate surface area is 116 Å². The van der Waals surface area contributed by atoms with E-state index in [1.54, 1.807) is 11.1 Å². The Hall–Kier alpha value is -1.72. The molecule has 1 fully saturated rings. The van der Waals surface area contributed by atoms with E-state index in [1.165, 1.54) is 0 Å². The van der Waals surface area contributed by atoms with Crippen molar-refractivity contribution in [2.75, 3.05) is 18.0 Å². The number of rotatable bonds is 4. The minimum atomic E-state index is -2.61. The van der Waals surface area contributed by atoms with Crippen LogP contribution < -0.4 is 4.90 Å². The maximum Gasteiger partial charge on any atom is 0.266 e. The zero-order valence-electron chi connectivity index (χ0n) is 11.5. The van der Waals surface area contributed by atoms with Crippen LogP contribution in [-0.4, -0.2) is 34.0 Å². The maximum absolute atomic E-state index is 13.4. The zero-order valence-corrected chi connectivity index (χ0v) is 11.5. The molecule has 1 aliphatic rings. The van der Waals surface area contributed by atoms with Gasteiger partial charge in [-0.2, -0.15) is 0 Å². The highest BCUT2D eigenvalue weighted by atomic mass is 19.3. The fourth-order valence-corrected chi connectivity index (χ4v) is 2.57. The van der Waals surface area contributed by atoms with Gasteiger partial charge in [-0.15, -0.1) is 0 Å². The molecule has 0 radical (unpaired) electrons. The Bertz CT molecular complexity index is 608. The predicted molar refractivity (Wildman–Crippen MR) is 74.3 cm³/mol. The van der Waals surface area contributed by atoms with Crippen molar-refractivity contribution in [2.45, 2.75) is 38.5 Å². The number of hydrogen-bond acceptors (Lipinski definition) is 3. The monoisotopic (exact) mass is 280 g/mol. The average molecular weight is 280 g/mol. The van der Waals surface area contributed by atoms with Crippen LogP contribution in [0.5, 0.6) is 0 Å². The van der Waals surface area contributed by atoms with Gasteiger partial charge in [0.15, 0.2) is 0 Å². The van der Waals surface area contributed by atoms with Crippen molar-refractivity contribution in [3.05, 3.63) is 18.1 Å². The summed E-state index contributed by atoms with van der Waals surface area (Å²) in [5, 5.41) is 0.822. The Balaban J connectivity index is 1.97. The summed E-state index contributed by atoms with van der Waals surface area (Å²) in [6.07, 6.45) is 4.52. The Morgan fingerprint density at radius 2 is 2.25 bits per heavy atom. The number of H-pyrrole nitrogens is 1. The number of aryl methyl sites for hydroxylation is 1. The molecule has 4 nitrogen and oxygen atoms in total. The smallest absolute Gasteiger partial charge is 0.266 e. The van der Waals surface area contributed by atoms with E-state index in [0.29, 0.717) is 12.4 Å². The summed E-state index contributed by atoms with van der Waals surface area (Å²) in [7, 11) is 0. The van der Waals surface area contributed by atoms with E-state index in [2.05, 4.69) is 21.9 Å². The molecule has 0 unspecified atom stereocenters. The normalized spacial score (nSPS) is 18.1. The molecule has 0 bridgehead atoms.